The van der Waals surface area contributed by atoms with Crippen LogP contribution in [0.3, 0.4) is 0 Å². The van der Waals surface area contributed by atoms with E-state index in [4.69, 9.17) is 9.84 Å². The summed E-state index contributed by atoms with van der Waals surface area (Å²) >= 11 is 0. The standard InChI is InChI=1S/C34H66O4/c1-3-5-6-7-8-9-10-11-12-13-14-19-22-25-28-31-34(37)38-32(4-2)29-26-23-20-17-15-16-18-21-24-27-30-33(35)36/h32H,3-31H2,1-2H3,(H,35,36). The fourth-order valence-corrected chi connectivity index (χ4v) is 5.29. The van der Waals surface area contributed by atoms with Crippen LogP contribution in [0.2, 0.25) is 0 Å². The lowest BCUT2D eigenvalue weighted by molar-refractivity contribution is -0.149. The number of esters is 1. The van der Waals surface area contributed by atoms with Crippen molar-refractivity contribution in [2.24, 2.45) is 0 Å². The van der Waals surface area contributed by atoms with E-state index < -0.39 is 5.97 Å². The minimum absolute atomic E-state index is 0.00917. The van der Waals surface area contributed by atoms with Gasteiger partial charge in [0.2, 0.25) is 0 Å². The molecule has 0 aliphatic carbocycles. The molecule has 0 aromatic rings. The average molecular weight is 539 g/mol. The van der Waals surface area contributed by atoms with Crippen LogP contribution in [0.1, 0.15) is 200 Å². The summed E-state index contributed by atoms with van der Waals surface area (Å²) in [5, 5.41) is 8.64. The van der Waals surface area contributed by atoms with Gasteiger partial charge in [-0.05, 0) is 32.1 Å². The summed E-state index contributed by atoms with van der Waals surface area (Å²) in [7, 11) is 0. The second-order valence-corrected chi connectivity index (χ2v) is 11.7. The first kappa shape index (κ1) is 36.9. The highest BCUT2D eigenvalue weighted by molar-refractivity contribution is 5.69. The molecule has 0 saturated carbocycles. The second kappa shape index (κ2) is 30.5. The Labute approximate surface area is 237 Å². The van der Waals surface area contributed by atoms with Gasteiger partial charge in [0, 0.05) is 12.8 Å². The number of hydrogen-bond acceptors (Lipinski definition) is 3. The zero-order valence-corrected chi connectivity index (χ0v) is 25.8. The van der Waals surface area contributed by atoms with Crippen molar-refractivity contribution in [2.45, 2.75) is 206 Å². The van der Waals surface area contributed by atoms with Crippen LogP contribution in [-0.2, 0) is 14.3 Å². The van der Waals surface area contributed by atoms with E-state index in [1.807, 2.05) is 0 Å². The summed E-state index contributed by atoms with van der Waals surface area (Å²) in [6.07, 6.45) is 34.8. The van der Waals surface area contributed by atoms with Crippen molar-refractivity contribution in [1.82, 2.24) is 0 Å². The molecule has 1 N–H and O–H groups in total. The van der Waals surface area contributed by atoms with Gasteiger partial charge < -0.3 is 9.84 Å². The van der Waals surface area contributed by atoms with Gasteiger partial charge in [-0.3, -0.25) is 9.59 Å². The molecule has 0 spiro atoms. The van der Waals surface area contributed by atoms with Crippen LogP contribution in [0, 0.1) is 0 Å². The minimum atomic E-state index is -0.676. The molecule has 0 aliphatic heterocycles. The Morgan fingerprint density at radius 1 is 0.500 bits per heavy atom. The Hall–Kier alpha value is -1.06. The van der Waals surface area contributed by atoms with Gasteiger partial charge in [-0.1, -0.05) is 155 Å². The number of carboxylic acid groups (broad SMARTS) is 1. The van der Waals surface area contributed by atoms with E-state index in [1.165, 1.54) is 122 Å². The number of rotatable bonds is 31. The van der Waals surface area contributed by atoms with Crippen LogP contribution >= 0.6 is 0 Å². The summed E-state index contributed by atoms with van der Waals surface area (Å²) in [5.74, 6) is -0.666. The van der Waals surface area contributed by atoms with Gasteiger partial charge in [0.1, 0.15) is 6.10 Å². The summed E-state index contributed by atoms with van der Waals surface area (Å²) in [5.41, 5.74) is 0. The van der Waals surface area contributed by atoms with E-state index in [0.29, 0.717) is 12.8 Å². The number of carboxylic acids is 1. The molecule has 226 valence electrons. The lowest BCUT2D eigenvalue weighted by Crippen LogP contribution is -2.17. The van der Waals surface area contributed by atoms with Crippen molar-refractivity contribution in [1.29, 1.82) is 0 Å². The van der Waals surface area contributed by atoms with Crippen LogP contribution < -0.4 is 0 Å². The fraction of sp³-hybridized carbons (Fsp3) is 0.941. The van der Waals surface area contributed by atoms with Crippen molar-refractivity contribution in [3.8, 4) is 0 Å². The van der Waals surface area contributed by atoms with Crippen molar-refractivity contribution >= 4 is 11.9 Å². The van der Waals surface area contributed by atoms with Gasteiger partial charge in [-0.25, -0.2) is 0 Å². The molecule has 0 aliphatic rings. The molecule has 38 heavy (non-hydrogen) atoms. The van der Waals surface area contributed by atoms with Crippen LogP contribution in [0.5, 0.6) is 0 Å². The average Bonchev–Trinajstić information content (AvgIpc) is 2.90. The first-order valence-corrected chi connectivity index (χ1v) is 17.0. The van der Waals surface area contributed by atoms with E-state index in [9.17, 15) is 9.59 Å². The summed E-state index contributed by atoms with van der Waals surface area (Å²) < 4.78 is 5.75. The van der Waals surface area contributed by atoms with E-state index >= 15 is 0 Å². The molecular weight excluding hydrogens is 472 g/mol. The monoisotopic (exact) mass is 538 g/mol. The molecule has 0 rings (SSSR count). The molecule has 0 amide bonds. The predicted octanol–water partition coefficient (Wildman–Crippen LogP) is 11.3. The maximum Gasteiger partial charge on any atom is 0.306 e. The Balaban J connectivity index is 3.41. The maximum atomic E-state index is 12.2. The minimum Gasteiger partial charge on any atom is -0.481 e. The molecule has 0 bridgehead atoms. The summed E-state index contributed by atoms with van der Waals surface area (Å²) in [4.78, 5) is 22.7. The predicted molar refractivity (Wildman–Crippen MR) is 163 cm³/mol. The maximum absolute atomic E-state index is 12.2. The second-order valence-electron chi connectivity index (χ2n) is 11.7. The largest absolute Gasteiger partial charge is 0.481 e. The van der Waals surface area contributed by atoms with Crippen LogP contribution in [0.15, 0.2) is 0 Å². The number of aliphatic carboxylic acids is 1. The summed E-state index contributed by atoms with van der Waals surface area (Å²) in [6, 6.07) is 0. The molecule has 0 aromatic heterocycles. The molecule has 4 nitrogen and oxygen atoms in total. The van der Waals surface area contributed by atoms with Gasteiger partial charge in [0.05, 0.1) is 0 Å². The third kappa shape index (κ3) is 29.5. The van der Waals surface area contributed by atoms with Crippen LogP contribution in [0.25, 0.3) is 0 Å². The van der Waals surface area contributed by atoms with Crippen LogP contribution in [0.4, 0.5) is 0 Å². The fourth-order valence-electron chi connectivity index (χ4n) is 5.29. The Morgan fingerprint density at radius 2 is 0.842 bits per heavy atom. The lowest BCUT2D eigenvalue weighted by Gasteiger charge is -2.16. The van der Waals surface area contributed by atoms with Crippen molar-refractivity contribution in [2.75, 3.05) is 0 Å². The third-order valence-corrected chi connectivity index (χ3v) is 7.90. The van der Waals surface area contributed by atoms with Gasteiger partial charge >= 0.3 is 11.9 Å². The smallest absolute Gasteiger partial charge is 0.306 e. The number of carbonyl (C=O) groups is 2. The van der Waals surface area contributed by atoms with Crippen LogP contribution in [-0.4, -0.2) is 23.1 Å². The lowest BCUT2D eigenvalue weighted by atomic mass is 10.0. The number of carbonyl (C=O) groups excluding carboxylic acids is 1. The van der Waals surface area contributed by atoms with E-state index in [1.54, 1.807) is 0 Å². The topological polar surface area (TPSA) is 63.6 Å². The van der Waals surface area contributed by atoms with E-state index in [0.717, 1.165) is 51.4 Å². The van der Waals surface area contributed by atoms with E-state index in [2.05, 4.69) is 13.8 Å². The molecule has 4 heteroatoms. The number of unbranched alkanes of at least 4 members (excludes halogenated alkanes) is 23. The first-order valence-electron chi connectivity index (χ1n) is 17.0. The summed E-state index contributed by atoms with van der Waals surface area (Å²) in [6.45, 7) is 4.41. The molecule has 0 fully saturated rings. The highest BCUT2D eigenvalue weighted by atomic mass is 16.5. The molecule has 0 saturated heterocycles. The Morgan fingerprint density at radius 3 is 1.21 bits per heavy atom. The molecule has 0 heterocycles. The zero-order chi connectivity index (χ0) is 27.9. The van der Waals surface area contributed by atoms with Crippen molar-refractivity contribution < 1.29 is 19.4 Å². The molecule has 0 aromatic carbocycles. The first-order chi connectivity index (χ1) is 18.6. The number of ether oxygens (including phenoxy) is 1. The highest BCUT2D eigenvalue weighted by Crippen LogP contribution is 2.17. The van der Waals surface area contributed by atoms with Gasteiger partial charge in [0.15, 0.2) is 0 Å². The van der Waals surface area contributed by atoms with Gasteiger partial charge in [-0.15, -0.1) is 0 Å². The van der Waals surface area contributed by atoms with Crippen molar-refractivity contribution in [3.63, 3.8) is 0 Å². The Kier molecular flexibility index (Phi) is 29.6. The molecule has 1 atom stereocenters. The molecular formula is C34H66O4. The number of hydrogen-bond donors (Lipinski definition) is 1. The zero-order valence-electron chi connectivity index (χ0n) is 25.8. The third-order valence-electron chi connectivity index (χ3n) is 7.90. The van der Waals surface area contributed by atoms with Crippen molar-refractivity contribution in [3.05, 3.63) is 0 Å². The quantitative estimate of drug-likeness (QED) is 0.0704. The molecule has 1 unspecified atom stereocenters. The Bertz CT molecular complexity index is 505. The normalized spacial score (nSPS) is 12.1. The van der Waals surface area contributed by atoms with E-state index in [-0.39, 0.29) is 12.1 Å². The van der Waals surface area contributed by atoms with Gasteiger partial charge in [-0.2, -0.15) is 0 Å². The highest BCUT2D eigenvalue weighted by Gasteiger charge is 2.12. The molecule has 0 radical (unpaired) electrons. The van der Waals surface area contributed by atoms with Gasteiger partial charge in [0.25, 0.3) is 0 Å². The SMILES string of the molecule is CCCCCCCCCCCCCCCCCC(=O)OC(CC)CCCCCCCCCCCCC(=O)O.